The van der Waals surface area contributed by atoms with Crippen LogP contribution in [0.1, 0.15) is 29.6 Å². The molecule has 0 spiro atoms. The van der Waals surface area contributed by atoms with Crippen LogP contribution in [-0.2, 0) is 9.53 Å². The molecule has 0 radical (unpaired) electrons. The summed E-state index contributed by atoms with van der Waals surface area (Å²) in [4.78, 5) is 23.1. The van der Waals surface area contributed by atoms with E-state index in [9.17, 15) is 9.59 Å². The molecule has 0 amide bonds. The third-order valence-corrected chi connectivity index (χ3v) is 4.71. The van der Waals surface area contributed by atoms with Gasteiger partial charge < -0.3 is 9.84 Å². The van der Waals surface area contributed by atoms with E-state index in [0.717, 1.165) is 23.5 Å². The lowest BCUT2D eigenvalue weighted by Gasteiger charge is -2.12. The fourth-order valence-electron chi connectivity index (χ4n) is 1.86. The molecule has 1 saturated carbocycles. The molecule has 2 rings (SSSR count). The minimum atomic E-state index is -0.916. The molecule has 1 aromatic carbocycles. The summed E-state index contributed by atoms with van der Waals surface area (Å²) in [5.74, 6) is -0.200. The van der Waals surface area contributed by atoms with Crippen molar-refractivity contribution in [3.8, 4) is 0 Å². The zero-order valence-electron chi connectivity index (χ0n) is 10.7. The number of benzene rings is 1. The second-order valence-electron chi connectivity index (χ2n) is 4.87. The van der Waals surface area contributed by atoms with E-state index in [1.165, 1.54) is 7.11 Å². The van der Waals surface area contributed by atoms with Gasteiger partial charge in [0.1, 0.15) is 0 Å². The molecule has 1 fully saturated rings. The number of thioether (sulfide) groups is 1. The van der Waals surface area contributed by atoms with Crippen molar-refractivity contribution in [1.29, 1.82) is 0 Å². The molecule has 0 atom stereocenters. The average molecular weight is 280 g/mol. The highest BCUT2D eigenvalue weighted by Crippen LogP contribution is 2.52. The van der Waals surface area contributed by atoms with Crippen molar-refractivity contribution >= 4 is 23.7 Å². The highest BCUT2D eigenvalue weighted by atomic mass is 32.2. The van der Waals surface area contributed by atoms with Gasteiger partial charge in [-0.05, 0) is 42.5 Å². The van der Waals surface area contributed by atoms with Crippen LogP contribution in [0, 0.1) is 5.41 Å². The van der Waals surface area contributed by atoms with Gasteiger partial charge in [0.15, 0.2) is 0 Å². The van der Waals surface area contributed by atoms with Crippen LogP contribution in [0.15, 0.2) is 29.2 Å². The topological polar surface area (TPSA) is 63.6 Å². The number of hydrogen-bond donors (Lipinski definition) is 1. The summed E-state index contributed by atoms with van der Waals surface area (Å²) in [6.07, 6.45) is 2.59. The first-order valence-corrected chi connectivity index (χ1v) is 7.06. The SMILES string of the molecule is COC(=O)CC1(CSc2ccc(C(=O)O)cc2)CC1. The van der Waals surface area contributed by atoms with Crippen LogP contribution in [0.25, 0.3) is 0 Å². The molecule has 0 aromatic heterocycles. The fourth-order valence-corrected chi connectivity index (χ4v) is 3.05. The maximum atomic E-state index is 11.3. The number of rotatable bonds is 6. The van der Waals surface area contributed by atoms with Crippen LogP contribution in [0.5, 0.6) is 0 Å². The van der Waals surface area contributed by atoms with E-state index in [-0.39, 0.29) is 11.4 Å². The van der Waals surface area contributed by atoms with E-state index in [1.807, 2.05) is 12.1 Å². The van der Waals surface area contributed by atoms with Gasteiger partial charge in [-0.1, -0.05) is 0 Å². The molecule has 0 unspecified atom stereocenters. The minimum absolute atomic E-state index is 0.0865. The Morgan fingerprint density at radius 1 is 1.32 bits per heavy atom. The van der Waals surface area contributed by atoms with Crippen LogP contribution in [0.2, 0.25) is 0 Å². The first kappa shape index (κ1) is 13.9. The molecule has 102 valence electrons. The molecule has 1 aromatic rings. The van der Waals surface area contributed by atoms with Crippen LogP contribution >= 0.6 is 11.8 Å². The Bertz CT molecular complexity index is 477. The Balaban J connectivity index is 1.88. The molecule has 0 aliphatic heterocycles. The molecule has 0 heterocycles. The molecule has 19 heavy (non-hydrogen) atoms. The number of carboxylic acid groups (broad SMARTS) is 1. The largest absolute Gasteiger partial charge is 0.478 e. The Kier molecular flexibility index (Phi) is 4.14. The van der Waals surface area contributed by atoms with Crippen molar-refractivity contribution in [3.05, 3.63) is 29.8 Å². The summed E-state index contributed by atoms with van der Waals surface area (Å²) in [5.41, 5.74) is 0.378. The van der Waals surface area contributed by atoms with Gasteiger partial charge in [-0.25, -0.2) is 4.79 Å². The molecule has 0 bridgehead atoms. The normalized spacial score (nSPS) is 15.8. The molecular weight excluding hydrogens is 264 g/mol. The predicted octanol–water partition coefficient (Wildman–Crippen LogP) is 2.82. The van der Waals surface area contributed by atoms with Crippen molar-refractivity contribution in [2.24, 2.45) is 5.41 Å². The van der Waals surface area contributed by atoms with Crippen LogP contribution < -0.4 is 0 Å². The lowest BCUT2D eigenvalue weighted by atomic mass is 10.1. The molecule has 1 aliphatic carbocycles. The smallest absolute Gasteiger partial charge is 0.335 e. The Morgan fingerprint density at radius 3 is 2.42 bits per heavy atom. The van der Waals surface area contributed by atoms with Crippen LogP contribution in [-0.4, -0.2) is 29.9 Å². The maximum Gasteiger partial charge on any atom is 0.335 e. The molecular formula is C14H16O4S. The molecule has 0 saturated heterocycles. The zero-order valence-corrected chi connectivity index (χ0v) is 11.5. The lowest BCUT2D eigenvalue weighted by Crippen LogP contribution is -2.12. The van der Waals surface area contributed by atoms with Crippen LogP contribution in [0.4, 0.5) is 0 Å². The summed E-state index contributed by atoms with van der Waals surface area (Å²) in [6.45, 7) is 0. The van der Waals surface area contributed by atoms with E-state index in [2.05, 4.69) is 0 Å². The Hall–Kier alpha value is -1.49. The first-order valence-electron chi connectivity index (χ1n) is 6.08. The third kappa shape index (κ3) is 3.73. The minimum Gasteiger partial charge on any atom is -0.478 e. The number of hydrogen-bond acceptors (Lipinski definition) is 4. The quantitative estimate of drug-likeness (QED) is 0.641. The summed E-state index contributed by atoms with van der Waals surface area (Å²) in [6, 6.07) is 6.82. The Morgan fingerprint density at radius 2 is 1.95 bits per heavy atom. The summed E-state index contributed by atoms with van der Waals surface area (Å²) >= 11 is 1.66. The molecule has 1 aliphatic rings. The highest BCUT2D eigenvalue weighted by Gasteiger charge is 2.44. The van der Waals surface area contributed by atoms with Gasteiger partial charge in [-0.3, -0.25) is 4.79 Å². The van der Waals surface area contributed by atoms with Gasteiger partial charge in [0.2, 0.25) is 0 Å². The van der Waals surface area contributed by atoms with Crippen molar-refractivity contribution in [3.63, 3.8) is 0 Å². The van der Waals surface area contributed by atoms with E-state index in [0.29, 0.717) is 12.0 Å². The van der Waals surface area contributed by atoms with Gasteiger partial charge in [0, 0.05) is 10.6 Å². The van der Waals surface area contributed by atoms with Gasteiger partial charge in [0.25, 0.3) is 0 Å². The highest BCUT2D eigenvalue weighted by molar-refractivity contribution is 7.99. The third-order valence-electron chi connectivity index (χ3n) is 3.35. The number of carbonyl (C=O) groups is 2. The van der Waals surface area contributed by atoms with E-state index in [1.54, 1.807) is 23.9 Å². The second-order valence-corrected chi connectivity index (χ2v) is 5.92. The number of methoxy groups -OCH3 is 1. The van der Waals surface area contributed by atoms with Crippen molar-refractivity contribution < 1.29 is 19.4 Å². The zero-order chi connectivity index (χ0) is 13.9. The van der Waals surface area contributed by atoms with E-state index in [4.69, 9.17) is 9.84 Å². The number of aromatic carboxylic acids is 1. The van der Waals surface area contributed by atoms with Gasteiger partial charge in [-0.15, -0.1) is 11.8 Å². The molecule has 4 nitrogen and oxygen atoms in total. The molecule has 1 N–H and O–H groups in total. The Labute approximate surface area is 116 Å². The number of carboxylic acids is 1. The van der Waals surface area contributed by atoms with Crippen molar-refractivity contribution in [2.75, 3.05) is 12.9 Å². The standard InChI is InChI=1S/C14H16O4S/c1-18-12(15)8-14(6-7-14)9-19-11-4-2-10(3-5-11)13(16)17/h2-5H,6-9H2,1H3,(H,16,17). The van der Waals surface area contributed by atoms with E-state index >= 15 is 0 Å². The monoisotopic (exact) mass is 280 g/mol. The van der Waals surface area contributed by atoms with Gasteiger partial charge >= 0.3 is 11.9 Å². The maximum absolute atomic E-state index is 11.3. The number of ether oxygens (including phenoxy) is 1. The van der Waals surface area contributed by atoms with Gasteiger partial charge in [0.05, 0.1) is 19.1 Å². The summed E-state index contributed by atoms with van der Waals surface area (Å²) in [7, 11) is 1.41. The predicted molar refractivity (Wildman–Crippen MR) is 72.4 cm³/mol. The number of esters is 1. The lowest BCUT2D eigenvalue weighted by molar-refractivity contribution is -0.141. The number of carbonyl (C=O) groups excluding carboxylic acids is 1. The summed E-state index contributed by atoms with van der Waals surface area (Å²) in [5, 5.41) is 8.81. The van der Waals surface area contributed by atoms with Crippen LogP contribution in [0.3, 0.4) is 0 Å². The summed E-state index contributed by atoms with van der Waals surface area (Å²) < 4.78 is 4.71. The van der Waals surface area contributed by atoms with E-state index < -0.39 is 5.97 Å². The van der Waals surface area contributed by atoms with Crippen molar-refractivity contribution in [1.82, 2.24) is 0 Å². The first-order chi connectivity index (χ1) is 9.04. The second kappa shape index (κ2) is 5.65. The fraction of sp³-hybridized carbons (Fsp3) is 0.429. The van der Waals surface area contributed by atoms with Gasteiger partial charge in [-0.2, -0.15) is 0 Å². The molecule has 5 heteroatoms. The van der Waals surface area contributed by atoms with Crippen molar-refractivity contribution in [2.45, 2.75) is 24.2 Å². The average Bonchev–Trinajstić information content (AvgIpc) is 3.17.